The molecule has 0 aliphatic carbocycles. The van der Waals surface area contributed by atoms with E-state index in [-0.39, 0.29) is 25.0 Å². The van der Waals surface area contributed by atoms with E-state index in [0.717, 1.165) is 11.1 Å². The zero-order valence-corrected chi connectivity index (χ0v) is 18.2. The molecule has 0 saturated heterocycles. The molecule has 5 nitrogen and oxygen atoms in total. The van der Waals surface area contributed by atoms with Crippen molar-refractivity contribution >= 4 is 23.4 Å². The number of nitrogens with zero attached hydrogens (tertiary/aromatic N) is 1. The van der Waals surface area contributed by atoms with Crippen molar-refractivity contribution in [1.82, 2.24) is 10.2 Å². The van der Waals surface area contributed by atoms with Gasteiger partial charge < -0.3 is 15.0 Å². The Labute approximate surface area is 178 Å². The van der Waals surface area contributed by atoms with Crippen LogP contribution in [0.5, 0.6) is 5.75 Å². The van der Waals surface area contributed by atoms with Crippen molar-refractivity contribution < 1.29 is 14.3 Å². The Morgan fingerprint density at radius 1 is 1.10 bits per heavy atom. The van der Waals surface area contributed by atoms with Crippen LogP contribution in [-0.2, 0) is 16.1 Å². The summed E-state index contributed by atoms with van der Waals surface area (Å²) < 4.78 is 5.64. The Morgan fingerprint density at radius 3 is 2.41 bits per heavy atom. The van der Waals surface area contributed by atoms with Crippen molar-refractivity contribution in [2.24, 2.45) is 5.92 Å². The zero-order chi connectivity index (χ0) is 21.4. The Balaban J connectivity index is 2.12. The van der Waals surface area contributed by atoms with Crippen molar-refractivity contribution in [2.75, 3.05) is 13.2 Å². The van der Waals surface area contributed by atoms with Crippen molar-refractivity contribution in [1.29, 1.82) is 0 Å². The van der Waals surface area contributed by atoms with Gasteiger partial charge in [0, 0.05) is 18.1 Å². The number of rotatable bonds is 9. The van der Waals surface area contributed by atoms with Gasteiger partial charge >= 0.3 is 0 Å². The van der Waals surface area contributed by atoms with E-state index in [2.05, 4.69) is 5.32 Å². The molecule has 0 aromatic heterocycles. The average molecular weight is 417 g/mol. The van der Waals surface area contributed by atoms with Crippen LogP contribution < -0.4 is 10.1 Å². The molecule has 1 N–H and O–H groups in total. The molecule has 0 heterocycles. The minimum absolute atomic E-state index is 0.147. The molecule has 2 aromatic carbocycles. The van der Waals surface area contributed by atoms with E-state index >= 15 is 0 Å². The largest absolute Gasteiger partial charge is 0.484 e. The number of amides is 2. The zero-order valence-electron chi connectivity index (χ0n) is 17.4. The normalized spacial score (nSPS) is 11.8. The van der Waals surface area contributed by atoms with Gasteiger partial charge in [0.1, 0.15) is 11.8 Å². The highest BCUT2D eigenvalue weighted by molar-refractivity contribution is 6.30. The topological polar surface area (TPSA) is 58.6 Å². The maximum atomic E-state index is 12.9. The summed E-state index contributed by atoms with van der Waals surface area (Å²) in [5.74, 6) is 0.485. The fourth-order valence-corrected chi connectivity index (χ4v) is 2.94. The number of carbonyl (C=O) groups excluding carboxylic acids is 2. The molecule has 0 fully saturated rings. The van der Waals surface area contributed by atoms with Crippen LogP contribution >= 0.6 is 11.6 Å². The molecule has 0 radical (unpaired) electrons. The lowest BCUT2D eigenvalue weighted by Crippen LogP contribution is -2.49. The van der Waals surface area contributed by atoms with E-state index < -0.39 is 6.04 Å². The van der Waals surface area contributed by atoms with Crippen LogP contribution in [0.25, 0.3) is 0 Å². The summed E-state index contributed by atoms with van der Waals surface area (Å²) in [6.45, 7) is 8.44. The van der Waals surface area contributed by atoms with Crippen LogP contribution in [0.4, 0.5) is 0 Å². The van der Waals surface area contributed by atoms with Crippen molar-refractivity contribution in [2.45, 2.75) is 40.3 Å². The first-order valence-electron chi connectivity index (χ1n) is 9.77. The molecular weight excluding hydrogens is 388 g/mol. The molecule has 156 valence electrons. The molecular formula is C23H29ClN2O3. The molecule has 2 amide bonds. The minimum atomic E-state index is -0.637. The summed E-state index contributed by atoms with van der Waals surface area (Å²) in [5, 5.41) is 3.48. The predicted octanol–water partition coefficient (Wildman–Crippen LogP) is 4.22. The van der Waals surface area contributed by atoms with E-state index in [1.807, 2.05) is 57.2 Å². The maximum absolute atomic E-state index is 12.9. The summed E-state index contributed by atoms with van der Waals surface area (Å²) in [6.07, 6.45) is 0. The Morgan fingerprint density at radius 2 is 1.79 bits per heavy atom. The summed E-state index contributed by atoms with van der Waals surface area (Å²) >= 11 is 6.08. The predicted molar refractivity (Wildman–Crippen MR) is 116 cm³/mol. The number of ether oxygens (including phenoxy) is 1. The van der Waals surface area contributed by atoms with Gasteiger partial charge in [-0.1, -0.05) is 55.3 Å². The third kappa shape index (κ3) is 7.42. The molecule has 0 aliphatic heterocycles. The third-order valence-electron chi connectivity index (χ3n) is 4.48. The summed E-state index contributed by atoms with van der Waals surface area (Å²) in [6, 6.07) is 14.1. The lowest BCUT2D eigenvalue weighted by Gasteiger charge is -2.29. The molecule has 2 rings (SSSR count). The molecule has 0 spiro atoms. The highest BCUT2D eigenvalue weighted by atomic mass is 35.5. The van der Waals surface area contributed by atoms with E-state index in [9.17, 15) is 9.59 Å². The summed E-state index contributed by atoms with van der Waals surface area (Å²) in [5.41, 5.74) is 1.96. The number of nitrogens with one attached hydrogen (secondary N) is 1. The van der Waals surface area contributed by atoms with Gasteiger partial charge in [-0.05, 0) is 49.6 Å². The minimum Gasteiger partial charge on any atom is -0.484 e. The van der Waals surface area contributed by atoms with E-state index in [1.54, 1.807) is 19.1 Å². The molecule has 0 aliphatic rings. The Bertz CT molecular complexity index is 821. The van der Waals surface area contributed by atoms with Gasteiger partial charge in [0.25, 0.3) is 5.91 Å². The van der Waals surface area contributed by atoms with Crippen molar-refractivity contribution in [3.8, 4) is 5.75 Å². The molecule has 29 heavy (non-hydrogen) atoms. The van der Waals surface area contributed by atoms with Gasteiger partial charge in [0.05, 0.1) is 0 Å². The highest BCUT2D eigenvalue weighted by Gasteiger charge is 2.26. The fraction of sp³-hybridized carbons (Fsp3) is 0.391. The van der Waals surface area contributed by atoms with Gasteiger partial charge in [0.2, 0.25) is 5.91 Å². The second kappa shape index (κ2) is 10.9. The van der Waals surface area contributed by atoms with Gasteiger partial charge in [0.15, 0.2) is 6.61 Å². The van der Waals surface area contributed by atoms with Crippen LogP contribution in [-0.4, -0.2) is 35.9 Å². The lowest BCUT2D eigenvalue weighted by atomic mass is 10.1. The fourth-order valence-electron chi connectivity index (χ4n) is 2.73. The number of carbonyl (C=O) groups is 2. The highest BCUT2D eigenvalue weighted by Crippen LogP contribution is 2.16. The Kier molecular flexibility index (Phi) is 8.52. The molecule has 6 heteroatoms. The van der Waals surface area contributed by atoms with Gasteiger partial charge in [-0.2, -0.15) is 0 Å². The van der Waals surface area contributed by atoms with E-state index in [0.29, 0.717) is 23.2 Å². The number of hydrogen-bond donors (Lipinski definition) is 1. The quantitative estimate of drug-likeness (QED) is 0.665. The van der Waals surface area contributed by atoms with Crippen LogP contribution in [0.15, 0.2) is 48.5 Å². The van der Waals surface area contributed by atoms with Crippen LogP contribution in [0, 0.1) is 12.8 Å². The number of hydrogen-bond acceptors (Lipinski definition) is 3. The number of benzene rings is 2. The first-order chi connectivity index (χ1) is 13.8. The number of halogens is 1. The van der Waals surface area contributed by atoms with Gasteiger partial charge in [-0.3, -0.25) is 9.59 Å². The average Bonchev–Trinajstić information content (AvgIpc) is 2.69. The van der Waals surface area contributed by atoms with E-state index in [4.69, 9.17) is 16.3 Å². The Hall–Kier alpha value is -2.53. The maximum Gasteiger partial charge on any atom is 0.261 e. The van der Waals surface area contributed by atoms with E-state index in [1.165, 1.54) is 4.90 Å². The lowest BCUT2D eigenvalue weighted by molar-refractivity contribution is -0.142. The standard InChI is InChI=1S/C23H29ClN2O3/c1-16(2)13-25-23(28)18(4)26(14-19-6-5-7-20(24)12-19)22(27)15-29-21-10-8-17(3)9-11-21/h5-12,16,18H,13-15H2,1-4H3,(H,25,28)/t18-/m0/s1. The van der Waals surface area contributed by atoms with Crippen LogP contribution in [0.1, 0.15) is 31.9 Å². The first-order valence-corrected chi connectivity index (χ1v) is 10.1. The molecule has 2 aromatic rings. The number of aryl methyl sites for hydroxylation is 1. The molecule has 0 unspecified atom stereocenters. The second-order valence-corrected chi connectivity index (χ2v) is 8.00. The smallest absolute Gasteiger partial charge is 0.261 e. The monoisotopic (exact) mass is 416 g/mol. The summed E-state index contributed by atoms with van der Waals surface area (Å²) in [7, 11) is 0. The first kappa shape index (κ1) is 22.8. The van der Waals surface area contributed by atoms with Crippen LogP contribution in [0.3, 0.4) is 0 Å². The second-order valence-electron chi connectivity index (χ2n) is 7.57. The third-order valence-corrected chi connectivity index (χ3v) is 4.71. The SMILES string of the molecule is Cc1ccc(OCC(=O)N(Cc2cccc(Cl)c2)[C@@H](C)C(=O)NCC(C)C)cc1. The van der Waals surface area contributed by atoms with Crippen molar-refractivity contribution in [3.05, 3.63) is 64.7 Å². The molecule has 0 saturated carbocycles. The molecule has 1 atom stereocenters. The van der Waals surface area contributed by atoms with Crippen molar-refractivity contribution in [3.63, 3.8) is 0 Å². The summed E-state index contributed by atoms with van der Waals surface area (Å²) in [4.78, 5) is 27.1. The van der Waals surface area contributed by atoms with Gasteiger partial charge in [-0.15, -0.1) is 0 Å². The van der Waals surface area contributed by atoms with Gasteiger partial charge in [-0.25, -0.2) is 0 Å². The van der Waals surface area contributed by atoms with Crippen LogP contribution in [0.2, 0.25) is 5.02 Å². The molecule has 0 bridgehead atoms.